The molecular weight excluding hydrogens is 326 g/mol. The molecule has 2 rings (SSSR count). The molecule has 0 atom stereocenters. The Morgan fingerprint density at radius 2 is 1.55 bits per heavy atom. The van der Waals surface area contributed by atoms with E-state index in [1.54, 1.807) is 12.1 Å². The molecular formula is C10H14ClN3O4S2. The number of nitrogens with two attached hydrogens (primary N) is 1. The third-order valence-corrected chi connectivity index (χ3v) is 6.21. The largest absolute Gasteiger partial charge is 0.276 e. The molecule has 2 N–H and O–H groups in total. The minimum atomic E-state index is -3.78. The molecule has 1 fully saturated rings. The lowest BCUT2D eigenvalue weighted by atomic mass is 10.4. The summed E-state index contributed by atoms with van der Waals surface area (Å²) in [7, 11) is -7.44. The van der Waals surface area contributed by atoms with Crippen molar-refractivity contribution in [1.29, 1.82) is 0 Å². The fourth-order valence-electron chi connectivity index (χ4n) is 1.94. The van der Waals surface area contributed by atoms with Gasteiger partial charge in [0.2, 0.25) is 10.0 Å². The number of benzene rings is 1. The minimum Gasteiger partial charge on any atom is -0.216 e. The summed E-state index contributed by atoms with van der Waals surface area (Å²) in [5, 5.41) is 5.34. The molecule has 1 aliphatic rings. The highest BCUT2D eigenvalue weighted by atomic mass is 35.5. The van der Waals surface area contributed by atoms with Crippen molar-refractivity contribution in [2.24, 2.45) is 5.14 Å². The maximum atomic E-state index is 12.4. The van der Waals surface area contributed by atoms with Crippen molar-refractivity contribution < 1.29 is 16.8 Å². The number of rotatable bonds is 3. The molecule has 0 amide bonds. The molecule has 0 saturated carbocycles. The van der Waals surface area contributed by atoms with Gasteiger partial charge in [-0.15, -0.1) is 0 Å². The number of piperazine rings is 1. The maximum Gasteiger partial charge on any atom is 0.276 e. The van der Waals surface area contributed by atoms with Crippen molar-refractivity contribution in [3.8, 4) is 0 Å². The summed E-state index contributed by atoms with van der Waals surface area (Å²) in [6.45, 7) is 0.202. The molecule has 0 aromatic heterocycles. The fourth-order valence-corrected chi connectivity index (χ4v) is 4.34. The monoisotopic (exact) mass is 339 g/mol. The topological polar surface area (TPSA) is 101 Å². The van der Waals surface area contributed by atoms with Gasteiger partial charge in [-0.3, -0.25) is 0 Å². The normalized spacial score (nSPS) is 19.1. The van der Waals surface area contributed by atoms with Gasteiger partial charge in [0.15, 0.2) is 0 Å². The van der Waals surface area contributed by atoms with Gasteiger partial charge in [-0.1, -0.05) is 17.7 Å². The van der Waals surface area contributed by atoms with Crippen LogP contribution >= 0.6 is 11.6 Å². The van der Waals surface area contributed by atoms with Gasteiger partial charge in [-0.05, 0) is 18.2 Å². The van der Waals surface area contributed by atoms with Crippen molar-refractivity contribution in [3.63, 3.8) is 0 Å². The summed E-state index contributed by atoms with van der Waals surface area (Å²) in [4.78, 5) is 0.0917. The molecule has 1 saturated heterocycles. The van der Waals surface area contributed by atoms with Crippen LogP contribution in [-0.2, 0) is 20.2 Å². The van der Waals surface area contributed by atoms with Crippen molar-refractivity contribution >= 4 is 31.8 Å². The Hall–Kier alpha value is -0.710. The van der Waals surface area contributed by atoms with Crippen LogP contribution in [0.3, 0.4) is 0 Å². The molecule has 1 aliphatic heterocycles. The molecule has 0 unspecified atom stereocenters. The van der Waals surface area contributed by atoms with Gasteiger partial charge < -0.3 is 0 Å². The zero-order valence-corrected chi connectivity index (χ0v) is 12.8. The number of sulfonamides is 1. The molecule has 112 valence electrons. The van der Waals surface area contributed by atoms with Gasteiger partial charge >= 0.3 is 0 Å². The van der Waals surface area contributed by atoms with Crippen LogP contribution < -0.4 is 5.14 Å². The zero-order valence-electron chi connectivity index (χ0n) is 10.4. The predicted octanol–water partition coefficient (Wildman–Crippen LogP) is -0.150. The van der Waals surface area contributed by atoms with Gasteiger partial charge in [-0.25, -0.2) is 13.6 Å². The smallest absolute Gasteiger partial charge is 0.216 e. The van der Waals surface area contributed by atoms with Crippen molar-refractivity contribution in [3.05, 3.63) is 29.3 Å². The van der Waals surface area contributed by atoms with E-state index in [0.717, 1.165) is 4.31 Å². The van der Waals surface area contributed by atoms with Crippen LogP contribution in [-0.4, -0.2) is 51.6 Å². The summed E-state index contributed by atoms with van der Waals surface area (Å²) in [6, 6.07) is 5.95. The molecule has 1 heterocycles. The van der Waals surface area contributed by atoms with E-state index < -0.39 is 20.2 Å². The molecule has 0 spiro atoms. The van der Waals surface area contributed by atoms with Crippen LogP contribution in [0.25, 0.3) is 0 Å². The van der Waals surface area contributed by atoms with E-state index >= 15 is 0 Å². The average Bonchev–Trinajstić information content (AvgIpc) is 2.38. The lowest BCUT2D eigenvalue weighted by Crippen LogP contribution is -2.52. The molecule has 0 aliphatic carbocycles. The lowest BCUT2D eigenvalue weighted by molar-refractivity contribution is 0.273. The highest BCUT2D eigenvalue weighted by molar-refractivity contribution is 7.89. The highest BCUT2D eigenvalue weighted by Gasteiger charge is 2.31. The second kappa shape index (κ2) is 5.58. The number of nitrogens with zero attached hydrogens (tertiary/aromatic N) is 2. The van der Waals surface area contributed by atoms with E-state index in [4.69, 9.17) is 16.7 Å². The van der Waals surface area contributed by atoms with Crippen LogP contribution in [0.2, 0.25) is 5.02 Å². The Morgan fingerprint density at radius 3 is 2.05 bits per heavy atom. The van der Waals surface area contributed by atoms with Gasteiger partial charge in [0.05, 0.1) is 4.90 Å². The van der Waals surface area contributed by atoms with E-state index in [1.807, 2.05) is 0 Å². The van der Waals surface area contributed by atoms with Crippen LogP contribution in [0, 0.1) is 0 Å². The third kappa shape index (κ3) is 3.30. The summed E-state index contributed by atoms with van der Waals surface area (Å²) >= 11 is 5.79. The molecule has 0 bridgehead atoms. The number of hydrogen-bond acceptors (Lipinski definition) is 4. The second-order valence-corrected chi connectivity index (χ2v) is 8.23. The van der Waals surface area contributed by atoms with Crippen LogP contribution in [0.15, 0.2) is 29.2 Å². The average molecular weight is 340 g/mol. The van der Waals surface area contributed by atoms with Crippen molar-refractivity contribution in [2.75, 3.05) is 26.2 Å². The van der Waals surface area contributed by atoms with Crippen LogP contribution in [0.1, 0.15) is 0 Å². The highest BCUT2D eigenvalue weighted by Crippen LogP contribution is 2.21. The third-order valence-electron chi connectivity index (χ3n) is 2.99. The molecule has 1 aromatic rings. The van der Waals surface area contributed by atoms with E-state index in [0.29, 0.717) is 5.02 Å². The van der Waals surface area contributed by atoms with E-state index in [1.165, 1.54) is 16.4 Å². The van der Waals surface area contributed by atoms with Gasteiger partial charge in [0.25, 0.3) is 10.2 Å². The molecule has 1 aromatic carbocycles. The summed E-state index contributed by atoms with van der Waals surface area (Å²) in [5.41, 5.74) is 0. The zero-order chi connectivity index (χ0) is 15.0. The predicted molar refractivity (Wildman–Crippen MR) is 74.9 cm³/mol. The van der Waals surface area contributed by atoms with Gasteiger partial charge in [-0.2, -0.15) is 17.0 Å². The maximum absolute atomic E-state index is 12.4. The molecule has 20 heavy (non-hydrogen) atoms. The fraction of sp³-hybridized carbons (Fsp3) is 0.400. The second-order valence-electron chi connectivity index (χ2n) is 4.31. The first kappa shape index (κ1) is 15.7. The van der Waals surface area contributed by atoms with E-state index in [-0.39, 0.29) is 31.1 Å². The Kier molecular flexibility index (Phi) is 4.38. The Labute approximate surface area is 123 Å². The Morgan fingerprint density at radius 1 is 1.00 bits per heavy atom. The first-order chi connectivity index (χ1) is 9.21. The van der Waals surface area contributed by atoms with Gasteiger partial charge in [0.1, 0.15) is 0 Å². The molecule has 10 heteroatoms. The first-order valence-electron chi connectivity index (χ1n) is 5.75. The Bertz CT molecular complexity index is 697. The minimum absolute atomic E-state index is 0.0403. The van der Waals surface area contributed by atoms with Gasteiger partial charge in [0, 0.05) is 31.2 Å². The standard InChI is InChI=1S/C10H14ClN3O4S2/c11-9-2-1-3-10(8-9)19(15,16)13-4-6-14(7-5-13)20(12,17)18/h1-3,8H,4-7H2,(H2,12,17,18). The van der Waals surface area contributed by atoms with Crippen molar-refractivity contribution in [1.82, 2.24) is 8.61 Å². The number of halogens is 1. The summed E-state index contributed by atoms with van der Waals surface area (Å²) < 4.78 is 49.4. The number of hydrogen-bond donors (Lipinski definition) is 1. The summed E-state index contributed by atoms with van der Waals surface area (Å²) in [6.07, 6.45) is 0. The van der Waals surface area contributed by atoms with Crippen LogP contribution in [0.5, 0.6) is 0 Å². The quantitative estimate of drug-likeness (QED) is 0.827. The molecule has 0 radical (unpaired) electrons. The molecule has 7 nitrogen and oxygen atoms in total. The van der Waals surface area contributed by atoms with Crippen LogP contribution in [0.4, 0.5) is 0 Å². The first-order valence-corrected chi connectivity index (χ1v) is 9.07. The SMILES string of the molecule is NS(=O)(=O)N1CCN(S(=O)(=O)c2cccc(Cl)c2)CC1. The lowest BCUT2D eigenvalue weighted by Gasteiger charge is -2.32. The summed E-state index contributed by atoms with van der Waals surface area (Å²) in [5.74, 6) is 0. The van der Waals surface area contributed by atoms with E-state index in [9.17, 15) is 16.8 Å². The Balaban J connectivity index is 2.18. The van der Waals surface area contributed by atoms with E-state index in [2.05, 4.69) is 0 Å². The van der Waals surface area contributed by atoms with Crippen molar-refractivity contribution in [2.45, 2.75) is 4.90 Å².